The van der Waals surface area contributed by atoms with Crippen LogP contribution in [0.1, 0.15) is 45.1 Å². The molecule has 7 nitrogen and oxygen atoms in total. The number of benzene rings is 1. The van der Waals surface area contributed by atoms with Gasteiger partial charge >= 0.3 is 0 Å². The van der Waals surface area contributed by atoms with E-state index in [1.165, 1.54) is 6.34 Å². The quantitative estimate of drug-likeness (QED) is 0.687. The second-order valence-electron chi connectivity index (χ2n) is 9.32. The smallest absolute Gasteiger partial charge is 0.231 e. The average molecular weight is 474 g/mol. The monoisotopic (exact) mass is 473 g/mol. The highest BCUT2D eigenvalue weighted by Gasteiger charge is 2.30. The molecular weight excluding hydrogens is 438 g/mol. The lowest BCUT2D eigenvalue weighted by molar-refractivity contribution is -0.134. The van der Waals surface area contributed by atoms with Gasteiger partial charge in [0.1, 0.15) is 12.2 Å². The minimum atomic E-state index is -0.635. The van der Waals surface area contributed by atoms with Crippen LogP contribution < -0.4 is 5.32 Å². The number of rotatable bonds is 5. The Bertz CT molecular complexity index is 875. The molecule has 8 heteroatoms. The van der Waals surface area contributed by atoms with Crippen LogP contribution in [0.3, 0.4) is 0 Å². The van der Waals surface area contributed by atoms with Crippen molar-refractivity contribution in [3.63, 3.8) is 0 Å². The maximum atomic E-state index is 13.5. The molecule has 3 rings (SSSR count). The van der Waals surface area contributed by atoms with Crippen molar-refractivity contribution < 1.29 is 9.90 Å². The van der Waals surface area contributed by atoms with Crippen molar-refractivity contribution >= 4 is 29.7 Å². The van der Waals surface area contributed by atoms with Gasteiger partial charge in [-0.2, -0.15) is 0 Å². The zero-order valence-corrected chi connectivity index (χ0v) is 20.6. The first-order chi connectivity index (χ1) is 15.7. The number of halogens is 1. The number of aliphatic hydroxyl groups excluding tert-OH is 1. The number of hydrogen-bond donors (Lipinski definition) is 2. The molecule has 0 saturated carbocycles. The molecule has 0 radical (unpaired) electrons. The minimum Gasteiger partial charge on any atom is -0.387 e. The van der Waals surface area contributed by atoms with Gasteiger partial charge in [-0.15, -0.1) is 0 Å². The molecule has 1 amide bonds. The first kappa shape index (κ1) is 25.4. The Morgan fingerprint density at radius 3 is 2.55 bits per heavy atom. The third-order valence-electron chi connectivity index (χ3n) is 6.23. The number of nitrogens with one attached hydrogen (secondary N) is 1. The Morgan fingerprint density at radius 2 is 1.91 bits per heavy atom. The molecule has 1 saturated heterocycles. The molecule has 0 aromatic heterocycles. The molecule has 3 atom stereocenters. The predicted molar refractivity (Wildman–Crippen MR) is 135 cm³/mol. The fraction of sp³-hybridized carbons (Fsp3) is 0.560. The maximum Gasteiger partial charge on any atom is 0.231 e. The molecule has 2 heterocycles. The number of amidine groups is 1. The van der Waals surface area contributed by atoms with Crippen molar-refractivity contribution in [2.75, 3.05) is 32.7 Å². The molecule has 2 aliphatic rings. The van der Waals surface area contributed by atoms with Crippen molar-refractivity contribution in [1.29, 1.82) is 0 Å². The summed E-state index contributed by atoms with van der Waals surface area (Å²) in [5.41, 5.74) is 1.43. The van der Waals surface area contributed by atoms with Gasteiger partial charge in [0.15, 0.2) is 0 Å². The number of carbonyl (C=O) groups is 1. The summed E-state index contributed by atoms with van der Waals surface area (Å²) in [4.78, 5) is 26.4. The molecule has 33 heavy (non-hydrogen) atoms. The summed E-state index contributed by atoms with van der Waals surface area (Å²) in [6.07, 6.45) is 2.23. The zero-order valence-electron chi connectivity index (χ0n) is 19.9. The molecule has 0 bridgehead atoms. The Labute approximate surface area is 202 Å². The molecule has 0 aliphatic carbocycles. The van der Waals surface area contributed by atoms with Crippen LogP contribution in [0.15, 0.2) is 46.5 Å². The minimum absolute atomic E-state index is 0.135. The number of carbonyl (C=O) groups excluding carboxylic acids is 1. The second-order valence-corrected chi connectivity index (χ2v) is 9.76. The van der Waals surface area contributed by atoms with Gasteiger partial charge in [0.05, 0.1) is 17.7 Å². The van der Waals surface area contributed by atoms with E-state index in [4.69, 9.17) is 11.6 Å². The van der Waals surface area contributed by atoms with Gasteiger partial charge in [0, 0.05) is 50.2 Å². The summed E-state index contributed by atoms with van der Waals surface area (Å²) >= 11 is 6.06. The first-order valence-corrected chi connectivity index (χ1v) is 12.1. The Morgan fingerprint density at radius 1 is 1.24 bits per heavy atom. The number of aliphatic hydroxyl groups is 1. The molecule has 0 spiro atoms. The molecule has 2 N–H and O–H groups in total. The highest BCUT2D eigenvalue weighted by atomic mass is 35.5. The van der Waals surface area contributed by atoms with Gasteiger partial charge in [-0.1, -0.05) is 51.1 Å². The van der Waals surface area contributed by atoms with Crippen LogP contribution >= 0.6 is 11.6 Å². The van der Waals surface area contributed by atoms with E-state index < -0.39 is 6.10 Å². The molecule has 1 aromatic rings. The van der Waals surface area contributed by atoms with Crippen LogP contribution in [0.25, 0.3) is 0 Å². The van der Waals surface area contributed by atoms with Crippen LogP contribution in [-0.2, 0) is 4.79 Å². The Hall–Kier alpha value is -2.22. The Kier molecular flexibility index (Phi) is 9.06. The van der Waals surface area contributed by atoms with Crippen LogP contribution in [0.5, 0.6) is 0 Å². The number of aliphatic imine (C=N–C) groups is 2. The van der Waals surface area contributed by atoms with E-state index >= 15 is 0 Å². The van der Waals surface area contributed by atoms with E-state index in [9.17, 15) is 9.90 Å². The summed E-state index contributed by atoms with van der Waals surface area (Å²) in [6, 6.07) is 7.86. The highest BCUT2D eigenvalue weighted by molar-refractivity contribution is 6.30. The molecule has 1 aromatic carbocycles. The summed E-state index contributed by atoms with van der Waals surface area (Å²) in [5.74, 6) is 1.10. The molecule has 0 unspecified atom stereocenters. The summed E-state index contributed by atoms with van der Waals surface area (Å²) in [7, 11) is 0. The molecule has 2 aliphatic heterocycles. The summed E-state index contributed by atoms with van der Waals surface area (Å²) in [5, 5.41) is 14.3. The van der Waals surface area contributed by atoms with E-state index in [1.54, 1.807) is 0 Å². The third kappa shape index (κ3) is 7.13. The maximum absolute atomic E-state index is 13.5. The zero-order chi connectivity index (χ0) is 24.0. The van der Waals surface area contributed by atoms with Crippen molar-refractivity contribution in [2.24, 2.45) is 15.9 Å². The topological polar surface area (TPSA) is 80.5 Å². The molecule has 180 valence electrons. The number of piperazine rings is 1. The van der Waals surface area contributed by atoms with Gasteiger partial charge in [-0.3, -0.25) is 4.79 Å². The fourth-order valence-electron chi connectivity index (χ4n) is 4.23. The third-order valence-corrected chi connectivity index (χ3v) is 6.48. The lowest BCUT2D eigenvalue weighted by Gasteiger charge is -2.38. The van der Waals surface area contributed by atoms with Crippen molar-refractivity contribution in [3.05, 3.63) is 47.1 Å². The van der Waals surface area contributed by atoms with Crippen LogP contribution in [0.2, 0.25) is 5.02 Å². The Balaban J connectivity index is 1.67. The van der Waals surface area contributed by atoms with Gasteiger partial charge in [-0.25, -0.2) is 9.98 Å². The largest absolute Gasteiger partial charge is 0.387 e. The van der Waals surface area contributed by atoms with Crippen LogP contribution in [0.4, 0.5) is 0 Å². The van der Waals surface area contributed by atoms with Crippen LogP contribution in [-0.4, -0.2) is 77.9 Å². The van der Waals surface area contributed by atoms with E-state index in [-0.39, 0.29) is 17.7 Å². The normalized spacial score (nSPS) is 25.6. The number of amides is 1. The highest BCUT2D eigenvalue weighted by Crippen LogP contribution is 2.23. The SMILES string of the molecule is C=C1/N=C\N=C(\N2CCN(C(=O)[C@H](CNC(C)C)c3ccc(Cl)cc3)CC2)C[C@H](C)C[C@H]1O. The van der Waals surface area contributed by atoms with Crippen molar-refractivity contribution in [1.82, 2.24) is 15.1 Å². The molecular formula is C25H36ClN5O2. The van der Waals surface area contributed by atoms with E-state index in [2.05, 4.69) is 47.6 Å². The molecule has 1 fully saturated rings. The van der Waals surface area contributed by atoms with E-state index in [0.29, 0.717) is 42.8 Å². The predicted octanol–water partition coefficient (Wildman–Crippen LogP) is 3.30. The van der Waals surface area contributed by atoms with E-state index in [1.807, 2.05) is 29.2 Å². The lowest BCUT2D eigenvalue weighted by atomic mass is 9.96. The first-order valence-electron chi connectivity index (χ1n) is 11.7. The number of hydrogen-bond acceptors (Lipinski definition) is 6. The van der Waals surface area contributed by atoms with Gasteiger partial charge in [-0.05, 0) is 30.0 Å². The second kappa shape index (κ2) is 11.8. The van der Waals surface area contributed by atoms with Crippen LogP contribution in [0, 0.1) is 5.92 Å². The number of nitrogens with zero attached hydrogens (tertiary/aromatic N) is 4. The van der Waals surface area contributed by atoms with Gasteiger partial charge in [0.2, 0.25) is 5.91 Å². The van der Waals surface area contributed by atoms with Crippen molar-refractivity contribution in [3.8, 4) is 0 Å². The summed E-state index contributed by atoms with van der Waals surface area (Å²) in [6.45, 7) is 13.4. The summed E-state index contributed by atoms with van der Waals surface area (Å²) < 4.78 is 0. The average Bonchev–Trinajstić information content (AvgIpc) is 2.84. The van der Waals surface area contributed by atoms with E-state index in [0.717, 1.165) is 30.9 Å². The van der Waals surface area contributed by atoms with Gasteiger partial charge < -0.3 is 20.2 Å². The standard InChI is InChI=1S/C25H36ClN5O2/c1-17(2)27-15-22(20-5-7-21(26)8-6-20)25(33)31-11-9-30(10-12-31)24-14-18(3)13-23(32)19(4)28-16-29-24/h5-8,16-18,22-23,27,32H,4,9-15H2,1-3H3/b28-16-,29-24+/t18-,22-,23-/m1/s1. The van der Waals surface area contributed by atoms with Crippen molar-refractivity contribution in [2.45, 2.75) is 51.7 Å². The lowest BCUT2D eigenvalue weighted by Crippen LogP contribution is -2.52. The fourth-order valence-corrected chi connectivity index (χ4v) is 4.36. The van der Waals surface area contributed by atoms with Gasteiger partial charge in [0.25, 0.3) is 0 Å².